The van der Waals surface area contributed by atoms with Gasteiger partial charge in [-0.15, -0.1) is 0 Å². The molecule has 1 aliphatic heterocycles. The number of aliphatic imine (C=N–C) groups is 1. The van der Waals surface area contributed by atoms with Crippen LogP contribution in [0.1, 0.15) is 29.9 Å². The Kier molecular flexibility index (Phi) is 2.59. The number of hydrogen-bond donors (Lipinski definition) is 3. The topological polar surface area (TPSA) is 76.4 Å². The van der Waals surface area contributed by atoms with E-state index >= 15 is 0 Å². The van der Waals surface area contributed by atoms with Gasteiger partial charge in [-0.05, 0) is 36.5 Å². The van der Waals surface area contributed by atoms with Crippen molar-refractivity contribution in [2.45, 2.75) is 31.0 Å². The monoisotopic (exact) mass is 242 g/mol. The first-order valence-corrected chi connectivity index (χ1v) is 6.35. The van der Waals surface area contributed by atoms with Crippen LogP contribution in [0, 0.1) is 0 Å². The zero-order valence-electron chi connectivity index (χ0n) is 10.3. The molecule has 4 heteroatoms. The molecule has 0 radical (unpaired) electrons. The van der Waals surface area contributed by atoms with Gasteiger partial charge in [-0.25, -0.2) is 4.99 Å². The van der Waals surface area contributed by atoms with Crippen molar-refractivity contribution in [3.05, 3.63) is 47.7 Å². The number of nitrogens with zero attached hydrogens (tertiary/aromatic N) is 1. The minimum Gasteiger partial charge on any atom is -0.384 e. The van der Waals surface area contributed by atoms with Gasteiger partial charge in [0.15, 0.2) is 5.79 Å². The summed E-state index contributed by atoms with van der Waals surface area (Å²) in [5, 5.41) is 3.17. The third kappa shape index (κ3) is 1.78. The van der Waals surface area contributed by atoms with Crippen LogP contribution in [0.4, 0.5) is 0 Å². The fraction of sp³-hybridized carbons (Fsp3) is 0.357. The highest BCUT2D eigenvalue weighted by Gasteiger charge is 2.38. The van der Waals surface area contributed by atoms with E-state index in [0.29, 0.717) is 5.84 Å². The molecule has 3 rings (SSSR count). The first-order valence-electron chi connectivity index (χ1n) is 6.35. The Bertz CT molecular complexity index is 520. The van der Waals surface area contributed by atoms with E-state index in [1.807, 2.05) is 0 Å². The highest BCUT2D eigenvalue weighted by molar-refractivity contribution is 5.92. The molecule has 0 amide bonds. The Hall–Kier alpha value is -1.81. The van der Waals surface area contributed by atoms with Gasteiger partial charge in [0, 0.05) is 12.1 Å². The average Bonchev–Trinajstić information content (AvgIpc) is 2.38. The van der Waals surface area contributed by atoms with Crippen LogP contribution in [0.2, 0.25) is 0 Å². The molecule has 1 unspecified atom stereocenters. The number of fused-ring (bicyclic) bond motifs is 1. The van der Waals surface area contributed by atoms with Gasteiger partial charge in [0.2, 0.25) is 0 Å². The van der Waals surface area contributed by atoms with E-state index in [4.69, 9.17) is 11.5 Å². The van der Waals surface area contributed by atoms with Crippen LogP contribution in [0.15, 0.2) is 41.5 Å². The number of aryl methyl sites for hydroxylation is 1. The van der Waals surface area contributed by atoms with Gasteiger partial charge in [-0.2, -0.15) is 0 Å². The van der Waals surface area contributed by atoms with E-state index in [9.17, 15) is 0 Å². The highest BCUT2D eigenvalue weighted by atomic mass is 15.3. The summed E-state index contributed by atoms with van der Waals surface area (Å²) in [6.45, 7) is 0. The van der Waals surface area contributed by atoms with Crippen molar-refractivity contribution in [3.63, 3.8) is 0 Å². The van der Waals surface area contributed by atoms with Crippen molar-refractivity contribution in [1.82, 2.24) is 5.32 Å². The van der Waals surface area contributed by atoms with Gasteiger partial charge < -0.3 is 11.1 Å². The van der Waals surface area contributed by atoms with Crippen LogP contribution in [-0.2, 0) is 6.42 Å². The fourth-order valence-corrected chi connectivity index (χ4v) is 2.93. The second-order valence-electron chi connectivity index (χ2n) is 4.98. The zero-order valence-corrected chi connectivity index (χ0v) is 10.3. The molecule has 2 atom stereocenters. The average molecular weight is 242 g/mol. The fourth-order valence-electron chi connectivity index (χ4n) is 2.93. The van der Waals surface area contributed by atoms with E-state index in [-0.39, 0.29) is 5.92 Å². The molecule has 0 saturated heterocycles. The first-order chi connectivity index (χ1) is 8.69. The molecule has 0 bridgehead atoms. The van der Waals surface area contributed by atoms with Crippen LogP contribution < -0.4 is 16.8 Å². The lowest BCUT2D eigenvalue weighted by Gasteiger charge is -2.39. The lowest BCUT2D eigenvalue weighted by atomic mass is 9.79. The van der Waals surface area contributed by atoms with Gasteiger partial charge in [-0.1, -0.05) is 24.3 Å². The lowest BCUT2D eigenvalue weighted by Crippen LogP contribution is -2.57. The molecule has 4 nitrogen and oxygen atoms in total. The Labute approximate surface area is 107 Å². The van der Waals surface area contributed by atoms with E-state index in [0.717, 1.165) is 19.3 Å². The van der Waals surface area contributed by atoms with Crippen molar-refractivity contribution >= 4 is 5.84 Å². The highest BCUT2D eigenvalue weighted by Crippen LogP contribution is 2.38. The molecular formula is C14H18N4. The molecule has 1 aromatic carbocycles. The third-order valence-corrected chi connectivity index (χ3v) is 3.78. The van der Waals surface area contributed by atoms with Gasteiger partial charge in [0.1, 0.15) is 5.84 Å². The van der Waals surface area contributed by atoms with E-state index in [2.05, 4.69) is 34.6 Å². The SMILES string of the molecule is NC1=NC(N)([C@H]2CCCc3ccccc32)NC=C1. The van der Waals surface area contributed by atoms with E-state index in [1.165, 1.54) is 11.1 Å². The van der Waals surface area contributed by atoms with Crippen molar-refractivity contribution in [2.24, 2.45) is 16.5 Å². The standard InChI is InChI=1S/C14H18N4/c15-13-8-9-17-14(16,18-13)12-7-3-5-10-4-1-2-6-11(10)12/h1-2,4,6,8-9,12,17H,3,5,7,16H2,(H2,15,18)/t12-,14?/m0/s1. The van der Waals surface area contributed by atoms with Crippen LogP contribution in [-0.4, -0.2) is 11.6 Å². The maximum atomic E-state index is 6.41. The van der Waals surface area contributed by atoms with Crippen LogP contribution >= 0.6 is 0 Å². The second kappa shape index (κ2) is 4.14. The molecule has 1 aromatic rings. The summed E-state index contributed by atoms with van der Waals surface area (Å²) in [4.78, 5) is 4.41. The minimum absolute atomic E-state index is 0.172. The minimum atomic E-state index is -0.810. The summed E-state index contributed by atoms with van der Waals surface area (Å²) in [5.41, 5.74) is 14.9. The summed E-state index contributed by atoms with van der Waals surface area (Å²) < 4.78 is 0. The van der Waals surface area contributed by atoms with Crippen LogP contribution in [0.3, 0.4) is 0 Å². The molecule has 2 aliphatic rings. The molecule has 0 aromatic heterocycles. The molecule has 5 N–H and O–H groups in total. The first kappa shape index (κ1) is 11.3. The summed E-state index contributed by atoms with van der Waals surface area (Å²) in [7, 11) is 0. The number of amidine groups is 1. The van der Waals surface area contributed by atoms with Gasteiger partial charge in [-0.3, -0.25) is 5.73 Å². The molecule has 1 heterocycles. The Morgan fingerprint density at radius 1 is 1.33 bits per heavy atom. The number of nitrogens with two attached hydrogens (primary N) is 2. The third-order valence-electron chi connectivity index (χ3n) is 3.78. The number of hydrogen-bond acceptors (Lipinski definition) is 4. The van der Waals surface area contributed by atoms with Crippen molar-refractivity contribution in [2.75, 3.05) is 0 Å². The van der Waals surface area contributed by atoms with E-state index in [1.54, 1.807) is 12.3 Å². The van der Waals surface area contributed by atoms with Crippen molar-refractivity contribution < 1.29 is 0 Å². The van der Waals surface area contributed by atoms with Gasteiger partial charge >= 0.3 is 0 Å². The molecule has 18 heavy (non-hydrogen) atoms. The van der Waals surface area contributed by atoms with Gasteiger partial charge in [0.25, 0.3) is 0 Å². The normalized spacial score (nSPS) is 30.3. The Balaban J connectivity index is 2.01. The predicted molar refractivity (Wildman–Crippen MR) is 72.9 cm³/mol. The smallest absolute Gasteiger partial charge is 0.191 e. The summed E-state index contributed by atoms with van der Waals surface area (Å²) >= 11 is 0. The largest absolute Gasteiger partial charge is 0.384 e. The van der Waals surface area contributed by atoms with Crippen molar-refractivity contribution in [3.8, 4) is 0 Å². The maximum Gasteiger partial charge on any atom is 0.191 e. The Morgan fingerprint density at radius 3 is 3.00 bits per heavy atom. The van der Waals surface area contributed by atoms with Crippen molar-refractivity contribution in [1.29, 1.82) is 0 Å². The summed E-state index contributed by atoms with van der Waals surface area (Å²) in [6.07, 6.45) is 6.82. The Morgan fingerprint density at radius 2 is 2.17 bits per heavy atom. The molecule has 1 aliphatic carbocycles. The zero-order chi connectivity index (χ0) is 12.6. The molecular weight excluding hydrogens is 224 g/mol. The maximum absolute atomic E-state index is 6.41. The number of nitrogens with one attached hydrogen (secondary N) is 1. The van der Waals surface area contributed by atoms with Crippen LogP contribution in [0.5, 0.6) is 0 Å². The molecule has 0 saturated carbocycles. The van der Waals surface area contributed by atoms with Crippen LogP contribution in [0.25, 0.3) is 0 Å². The molecule has 0 spiro atoms. The predicted octanol–water partition coefficient (Wildman–Crippen LogP) is 1.19. The van der Waals surface area contributed by atoms with E-state index < -0.39 is 5.79 Å². The molecule has 94 valence electrons. The second-order valence-corrected chi connectivity index (χ2v) is 4.98. The quantitative estimate of drug-likeness (QED) is 0.692. The summed E-state index contributed by atoms with van der Waals surface area (Å²) in [5.74, 6) is -0.153. The number of benzene rings is 1. The van der Waals surface area contributed by atoms with Gasteiger partial charge in [0.05, 0.1) is 0 Å². The lowest BCUT2D eigenvalue weighted by molar-refractivity contribution is 0.289. The number of rotatable bonds is 1. The summed E-state index contributed by atoms with van der Waals surface area (Å²) in [6, 6.07) is 8.47. The molecule has 0 fully saturated rings.